The molecule has 7 nitrogen and oxygen atoms in total. The minimum Gasteiger partial charge on any atom is -0.493 e. The first-order valence-electron chi connectivity index (χ1n) is 9.53. The molecule has 1 heterocycles. The van der Waals surface area contributed by atoms with Gasteiger partial charge in [0.1, 0.15) is 11.3 Å². The van der Waals surface area contributed by atoms with E-state index in [0.29, 0.717) is 35.8 Å². The molecule has 0 spiro atoms. The van der Waals surface area contributed by atoms with Gasteiger partial charge in [0, 0.05) is 31.1 Å². The van der Waals surface area contributed by atoms with Crippen LogP contribution in [0.15, 0.2) is 51.7 Å². The van der Waals surface area contributed by atoms with Crippen molar-refractivity contribution >= 4 is 16.9 Å². The van der Waals surface area contributed by atoms with Crippen LogP contribution >= 0.6 is 0 Å². The fourth-order valence-electron chi connectivity index (χ4n) is 3.11. The molecule has 3 rings (SSSR count). The van der Waals surface area contributed by atoms with Gasteiger partial charge < -0.3 is 23.5 Å². The highest BCUT2D eigenvalue weighted by Gasteiger charge is 2.12. The van der Waals surface area contributed by atoms with Crippen molar-refractivity contribution in [1.29, 1.82) is 0 Å². The van der Waals surface area contributed by atoms with E-state index in [9.17, 15) is 9.59 Å². The number of amides is 1. The molecule has 0 unspecified atom stereocenters. The maximum absolute atomic E-state index is 12.4. The molecule has 0 fully saturated rings. The molecule has 7 heteroatoms. The van der Waals surface area contributed by atoms with Crippen molar-refractivity contribution in [1.82, 2.24) is 4.90 Å². The third-order valence-corrected chi connectivity index (χ3v) is 4.89. The van der Waals surface area contributed by atoms with Crippen LogP contribution in [0.1, 0.15) is 11.1 Å². The number of carbonyl (C=O) groups excluding carboxylic acids is 1. The Hall–Kier alpha value is -3.48. The van der Waals surface area contributed by atoms with E-state index < -0.39 is 5.63 Å². The van der Waals surface area contributed by atoms with Gasteiger partial charge in [-0.15, -0.1) is 0 Å². The number of hydrogen-bond donors (Lipinski definition) is 0. The van der Waals surface area contributed by atoms with Gasteiger partial charge in [-0.3, -0.25) is 4.79 Å². The van der Waals surface area contributed by atoms with E-state index in [1.165, 1.54) is 6.07 Å². The van der Waals surface area contributed by atoms with E-state index in [-0.39, 0.29) is 12.5 Å². The standard InChI is InChI=1S/C23H25NO6/c1-15-11-23(26)30-20-13-17(6-7-18(15)20)29-14-22(25)24(2)10-9-16-5-8-19(27-3)21(12-16)28-4/h5-8,11-13H,9-10,14H2,1-4H3. The second kappa shape index (κ2) is 9.35. The molecule has 0 aliphatic heterocycles. The zero-order valence-electron chi connectivity index (χ0n) is 17.6. The summed E-state index contributed by atoms with van der Waals surface area (Å²) in [5, 5.41) is 0.834. The average molecular weight is 411 g/mol. The van der Waals surface area contributed by atoms with Gasteiger partial charge in [-0.1, -0.05) is 6.07 Å². The van der Waals surface area contributed by atoms with Crippen LogP contribution in [0.3, 0.4) is 0 Å². The van der Waals surface area contributed by atoms with Crippen LogP contribution in [0.2, 0.25) is 0 Å². The molecule has 2 aromatic carbocycles. The van der Waals surface area contributed by atoms with Crippen molar-refractivity contribution in [3.8, 4) is 17.2 Å². The van der Waals surface area contributed by atoms with Crippen LogP contribution in [0.25, 0.3) is 11.0 Å². The lowest BCUT2D eigenvalue weighted by Gasteiger charge is -2.18. The first-order chi connectivity index (χ1) is 14.4. The topological polar surface area (TPSA) is 78.2 Å². The highest BCUT2D eigenvalue weighted by molar-refractivity contribution is 5.81. The van der Waals surface area contributed by atoms with Crippen molar-refractivity contribution < 1.29 is 23.4 Å². The maximum Gasteiger partial charge on any atom is 0.336 e. The number of fused-ring (bicyclic) bond motifs is 1. The maximum atomic E-state index is 12.4. The van der Waals surface area contributed by atoms with E-state index >= 15 is 0 Å². The van der Waals surface area contributed by atoms with Gasteiger partial charge in [0.05, 0.1) is 14.2 Å². The second-order valence-corrected chi connectivity index (χ2v) is 6.95. The molecule has 30 heavy (non-hydrogen) atoms. The molecule has 1 amide bonds. The van der Waals surface area contributed by atoms with Gasteiger partial charge in [0.2, 0.25) is 0 Å². The van der Waals surface area contributed by atoms with Crippen molar-refractivity contribution in [3.63, 3.8) is 0 Å². The Kier molecular flexibility index (Phi) is 6.61. The lowest BCUT2D eigenvalue weighted by Crippen LogP contribution is -2.33. The van der Waals surface area contributed by atoms with Crippen molar-refractivity contribution in [2.24, 2.45) is 0 Å². The van der Waals surface area contributed by atoms with Crippen molar-refractivity contribution in [2.75, 3.05) is 34.4 Å². The minimum absolute atomic E-state index is 0.107. The molecular weight excluding hydrogens is 386 g/mol. The summed E-state index contributed by atoms with van der Waals surface area (Å²) in [5.74, 6) is 1.64. The number of aryl methyl sites for hydroxylation is 1. The first-order valence-corrected chi connectivity index (χ1v) is 9.53. The van der Waals surface area contributed by atoms with Gasteiger partial charge in [-0.05, 0) is 48.7 Å². The van der Waals surface area contributed by atoms with Gasteiger partial charge in [-0.2, -0.15) is 0 Å². The Bertz CT molecular complexity index is 1100. The van der Waals surface area contributed by atoms with Crippen LogP contribution in [0.5, 0.6) is 17.2 Å². The lowest BCUT2D eigenvalue weighted by molar-refractivity contribution is -0.132. The SMILES string of the molecule is COc1ccc(CCN(C)C(=O)COc2ccc3c(C)cc(=O)oc3c2)cc1OC. The number of rotatable bonds is 8. The molecule has 0 atom stereocenters. The Labute approximate surface area is 174 Å². The largest absolute Gasteiger partial charge is 0.493 e. The molecule has 0 radical (unpaired) electrons. The molecule has 0 N–H and O–H groups in total. The third kappa shape index (κ3) is 4.92. The zero-order valence-corrected chi connectivity index (χ0v) is 17.6. The van der Waals surface area contributed by atoms with Crippen LogP contribution in [-0.4, -0.2) is 45.2 Å². The second-order valence-electron chi connectivity index (χ2n) is 6.95. The van der Waals surface area contributed by atoms with E-state index in [4.69, 9.17) is 18.6 Å². The smallest absolute Gasteiger partial charge is 0.336 e. The minimum atomic E-state index is -0.414. The zero-order chi connectivity index (χ0) is 21.7. The van der Waals surface area contributed by atoms with E-state index in [1.54, 1.807) is 38.3 Å². The first kappa shape index (κ1) is 21.2. The van der Waals surface area contributed by atoms with Gasteiger partial charge in [-0.25, -0.2) is 4.79 Å². The van der Waals surface area contributed by atoms with Crippen molar-refractivity contribution in [2.45, 2.75) is 13.3 Å². The van der Waals surface area contributed by atoms with Crippen LogP contribution in [0, 0.1) is 6.92 Å². The van der Waals surface area contributed by atoms with Crippen LogP contribution < -0.4 is 19.8 Å². The number of hydrogen-bond acceptors (Lipinski definition) is 6. The van der Waals surface area contributed by atoms with Gasteiger partial charge in [0.15, 0.2) is 18.1 Å². The number of likely N-dealkylation sites (N-methyl/N-ethyl adjacent to an activating group) is 1. The Morgan fingerprint density at radius 1 is 1.03 bits per heavy atom. The van der Waals surface area contributed by atoms with Gasteiger partial charge in [0.25, 0.3) is 5.91 Å². The fraction of sp³-hybridized carbons (Fsp3) is 0.304. The average Bonchev–Trinajstić information content (AvgIpc) is 2.75. The number of carbonyl (C=O) groups is 1. The Morgan fingerprint density at radius 2 is 1.80 bits per heavy atom. The van der Waals surface area contributed by atoms with E-state index in [0.717, 1.165) is 16.5 Å². The molecule has 0 aliphatic rings. The highest BCUT2D eigenvalue weighted by Crippen LogP contribution is 2.27. The molecule has 1 aromatic heterocycles. The highest BCUT2D eigenvalue weighted by atomic mass is 16.5. The summed E-state index contributed by atoms with van der Waals surface area (Å²) < 4.78 is 21.4. The van der Waals surface area contributed by atoms with E-state index in [2.05, 4.69) is 0 Å². The lowest BCUT2D eigenvalue weighted by atomic mass is 10.1. The van der Waals surface area contributed by atoms with Crippen LogP contribution in [0.4, 0.5) is 0 Å². The molecule has 0 saturated carbocycles. The Balaban J connectivity index is 1.57. The molecule has 158 valence electrons. The summed E-state index contributed by atoms with van der Waals surface area (Å²) >= 11 is 0. The summed E-state index contributed by atoms with van der Waals surface area (Å²) in [7, 11) is 4.91. The monoisotopic (exact) mass is 411 g/mol. The predicted octanol–water partition coefficient (Wildman–Crippen LogP) is 3.20. The predicted molar refractivity (Wildman–Crippen MR) is 114 cm³/mol. The van der Waals surface area contributed by atoms with E-state index in [1.807, 2.05) is 31.2 Å². The molecule has 3 aromatic rings. The number of ether oxygens (including phenoxy) is 3. The fourth-order valence-corrected chi connectivity index (χ4v) is 3.11. The molecule has 0 saturated heterocycles. The number of methoxy groups -OCH3 is 2. The normalized spacial score (nSPS) is 10.7. The summed E-state index contributed by atoms with van der Waals surface area (Å²) in [5.41, 5.74) is 1.89. The van der Waals surface area contributed by atoms with Crippen molar-refractivity contribution in [3.05, 3.63) is 64.0 Å². The van der Waals surface area contributed by atoms with Gasteiger partial charge >= 0.3 is 5.63 Å². The van der Waals surface area contributed by atoms with Crippen LogP contribution in [-0.2, 0) is 11.2 Å². The Morgan fingerprint density at radius 3 is 2.53 bits per heavy atom. The summed E-state index contributed by atoms with van der Waals surface area (Å²) in [4.78, 5) is 25.6. The summed E-state index contributed by atoms with van der Waals surface area (Å²) in [6.45, 7) is 2.27. The summed E-state index contributed by atoms with van der Waals surface area (Å²) in [6, 6.07) is 12.3. The number of nitrogens with zero attached hydrogens (tertiary/aromatic N) is 1. The third-order valence-electron chi connectivity index (χ3n) is 4.89. The summed E-state index contributed by atoms with van der Waals surface area (Å²) in [6.07, 6.45) is 0.670. The molecule has 0 aliphatic carbocycles. The quantitative estimate of drug-likeness (QED) is 0.530. The molecule has 0 bridgehead atoms. The number of benzene rings is 2. The molecular formula is C23H25NO6.